The molecular formula is C16H29NO. The number of nitrogens with zero attached hydrogens (tertiary/aromatic N) is 1. The van der Waals surface area contributed by atoms with Crippen LogP contribution < -0.4 is 0 Å². The quantitative estimate of drug-likeness (QED) is 0.432. The Morgan fingerprint density at radius 1 is 1.06 bits per heavy atom. The molecule has 18 heavy (non-hydrogen) atoms. The van der Waals surface area contributed by atoms with E-state index in [1.165, 1.54) is 0 Å². The van der Waals surface area contributed by atoms with Crippen molar-refractivity contribution < 1.29 is 4.79 Å². The molecule has 2 nitrogen and oxygen atoms in total. The number of rotatable bonds is 10. The summed E-state index contributed by atoms with van der Waals surface area (Å²) in [5.74, 6) is 0.394. The van der Waals surface area contributed by atoms with Gasteiger partial charge < -0.3 is 0 Å². The normalized spacial score (nSPS) is 13.8. The van der Waals surface area contributed by atoms with Gasteiger partial charge in [0.15, 0.2) is 0 Å². The molecule has 0 saturated heterocycles. The summed E-state index contributed by atoms with van der Waals surface area (Å²) in [7, 11) is 4.01. The molecule has 0 aromatic heterocycles. The Labute approximate surface area is 113 Å². The highest BCUT2D eigenvalue weighted by Gasteiger charge is 2.18. The van der Waals surface area contributed by atoms with Crippen LogP contribution in [0.3, 0.4) is 0 Å². The van der Waals surface area contributed by atoms with Crippen LogP contribution in [0.4, 0.5) is 0 Å². The van der Waals surface area contributed by atoms with Crippen molar-refractivity contribution in [3.63, 3.8) is 0 Å². The minimum Gasteiger partial charge on any atom is -0.300 e. The maximum Gasteiger partial charge on any atom is 0.149 e. The predicted molar refractivity (Wildman–Crippen MR) is 79.8 cm³/mol. The summed E-state index contributed by atoms with van der Waals surface area (Å²) in [5, 5.41) is 0. The molecule has 0 aromatic carbocycles. The van der Waals surface area contributed by atoms with Gasteiger partial charge in [0.2, 0.25) is 0 Å². The van der Waals surface area contributed by atoms with Crippen molar-refractivity contribution in [2.45, 2.75) is 58.4 Å². The van der Waals surface area contributed by atoms with Crippen LogP contribution in [0.1, 0.15) is 52.4 Å². The fraction of sp³-hybridized carbons (Fsp3) is 0.688. The third-order valence-electron chi connectivity index (χ3n) is 3.11. The molecule has 0 N–H and O–H groups in total. The summed E-state index contributed by atoms with van der Waals surface area (Å²) in [6.07, 6.45) is 14.3. The van der Waals surface area contributed by atoms with Crippen LogP contribution in [0, 0.1) is 0 Å². The van der Waals surface area contributed by atoms with Gasteiger partial charge in [-0.25, -0.2) is 0 Å². The van der Waals surface area contributed by atoms with Gasteiger partial charge in [0, 0.05) is 6.42 Å². The van der Waals surface area contributed by atoms with Crippen molar-refractivity contribution in [1.29, 1.82) is 0 Å². The predicted octanol–water partition coefficient (Wildman–Crippen LogP) is 3.98. The molecule has 0 amide bonds. The lowest BCUT2D eigenvalue weighted by Gasteiger charge is -2.22. The molecule has 2 heteroatoms. The van der Waals surface area contributed by atoms with E-state index in [0.29, 0.717) is 12.2 Å². The number of Topliss-reactive ketones (excluding diaryl/α,β-unsaturated/α-hetero) is 1. The fourth-order valence-corrected chi connectivity index (χ4v) is 2.03. The molecule has 1 atom stereocenters. The Bertz CT molecular complexity index is 266. The first-order chi connectivity index (χ1) is 8.63. The molecule has 0 aliphatic carbocycles. The van der Waals surface area contributed by atoms with E-state index in [2.05, 4.69) is 23.1 Å². The minimum atomic E-state index is 0.0980. The molecule has 0 aliphatic heterocycles. The van der Waals surface area contributed by atoms with Crippen LogP contribution in [-0.4, -0.2) is 30.8 Å². The second-order valence-electron chi connectivity index (χ2n) is 4.91. The van der Waals surface area contributed by atoms with Gasteiger partial charge in [-0.3, -0.25) is 9.69 Å². The first-order valence-electron chi connectivity index (χ1n) is 7.05. The smallest absolute Gasteiger partial charge is 0.149 e. The standard InChI is InChI=1S/C16H29NO/c1-5-7-9-11-13-15(17(3)4)16(18)14-12-10-8-6-2/h5-8,15H,9-14H2,1-4H3/b7-5+,8-6+. The van der Waals surface area contributed by atoms with E-state index < -0.39 is 0 Å². The van der Waals surface area contributed by atoms with Gasteiger partial charge in [-0.15, -0.1) is 0 Å². The zero-order valence-corrected chi connectivity index (χ0v) is 12.5. The number of allylic oxidation sites excluding steroid dienone is 4. The van der Waals surface area contributed by atoms with E-state index in [4.69, 9.17) is 0 Å². The van der Waals surface area contributed by atoms with Crippen molar-refractivity contribution in [2.75, 3.05) is 14.1 Å². The molecule has 0 spiro atoms. The topological polar surface area (TPSA) is 20.3 Å². The largest absolute Gasteiger partial charge is 0.300 e. The molecule has 0 saturated carbocycles. The lowest BCUT2D eigenvalue weighted by molar-refractivity contribution is -0.123. The first-order valence-corrected chi connectivity index (χ1v) is 7.05. The summed E-state index contributed by atoms with van der Waals surface area (Å²) in [6, 6.07) is 0.0980. The van der Waals surface area contributed by atoms with E-state index in [9.17, 15) is 4.79 Å². The van der Waals surface area contributed by atoms with E-state index in [1.54, 1.807) is 0 Å². The number of hydrogen-bond acceptors (Lipinski definition) is 2. The van der Waals surface area contributed by atoms with Crippen LogP contribution in [0.5, 0.6) is 0 Å². The van der Waals surface area contributed by atoms with E-state index in [0.717, 1.165) is 32.1 Å². The highest BCUT2D eigenvalue weighted by Crippen LogP contribution is 2.11. The molecule has 1 unspecified atom stereocenters. The van der Waals surface area contributed by atoms with Gasteiger partial charge in [-0.1, -0.05) is 24.3 Å². The van der Waals surface area contributed by atoms with E-state index >= 15 is 0 Å². The van der Waals surface area contributed by atoms with Crippen molar-refractivity contribution >= 4 is 5.78 Å². The maximum atomic E-state index is 12.1. The zero-order valence-electron chi connectivity index (χ0n) is 12.5. The number of likely N-dealkylation sites (N-methyl/N-ethyl adjacent to an activating group) is 1. The molecule has 0 aromatic rings. The zero-order chi connectivity index (χ0) is 13.8. The average molecular weight is 251 g/mol. The van der Waals surface area contributed by atoms with Gasteiger partial charge in [0.1, 0.15) is 5.78 Å². The molecule has 0 heterocycles. The van der Waals surface area contributed by atoms with Gasteiger partial charge in [0.25, 0.3) is 0 Å². The molecular weight excluding hydrogens is 222 g/mol. The number of unbranched alkanes of at least 4 members (excludes halogenated alkanes) is 2. The number of carbonyl (C=O) groups is 1. The molecule has 104 valence electrons. The second kappa shape index (κ2) is 11.2. The maximum absolute atomic E-state index is 12.1. The summed E-state index contributed by atoms with van der Waals surface area (Å²) >= 11 is 0. The van der Waals surface area contributed by atoms with Crippen LogP contribution in [0.2, 0.25) is 0 Å². The van der Waals surface area contributed by atoms with Crippen LogP contribution in [0.15, 0.2) is 24.3 Å². The Morgan fingerprint density at radius 3 is 2.11 bits per heavy atom. The molecule has 0 radical (unpaired) electrons. The van der Waals surface area contributed by atoms with Crippen LogP contribution in [-0.2, 0) is 4.79 Å². The van der Waals surface area contributed by atoms with Crippen LogP contribution >= 0.6 is 0 Å². The highest BCUT2D eigenvalue weighted by molar-refractivity contribution is 5.83. The number of hydrogen-bond donors (Lipinski definition) is 0. The summed E-state index contributed by atoms with van der Waals surface area (Å²) in [6.45, 7) is 4.06. The number of ketones is 1. The van der Waals surface area contributed by atoms with Crippen molar-refractivity contribution in [1.82, 2.24) is 4.90 Å². The third-order valence-corrected chi connectivity index (χ3v) is 3.11. The third kappa shape index (κ3) is 8.24. The summed E-state index contributed by atoms with van der Waals surface area (Å²) < 4.78 is 0. The minimum absolute atomic E-state index is 0.0980. The average Bonchev–Trinajstić information content (AvgIpc) is 2.34. The van der Waals surface area contributed by atoms with Crippen LogP contribution in [0.25, 0.3) is 0 Å². The van der Waals surface area contributed by atoms with Gasteiger partial charge in [-0.05, 0) is 60.0 Å². The molecule has 0 fully saturated rings. The monoisotopic (exact) mass is 251 g/mol. The lowest BCUT2D eigenvalue weighted by Crippen LogP contribution is -2.35. The van der Waals surface area contributed by atoms with Gasteiger partial charge in [-0.2, -0.15) is 0 Å². The SMILES string of the molecule is C/C=C/CCCC(=O)C(CCC/C=C/C)N(C)C. The Morgan fingerprint density at radius 2 is 1.61 bits per heavy atom. The Kier molecular flexibility index (Phi) is 10.7. The number of carbonyl (C=O) groups excluding carboxylic acids is 1. The van der Waals surface area contributed by atoms with E-state index in [-0.39, 0.29) is 6.04 Å². The van der Waals surface area contributed by atoms with E-state index in [1.807, 2.05) is 34.0 Å². The molecule has 0 aliphatic rings. The second-order valence-corrected chi connectivity index (χ2v) is 4.91. The molecule has 0 rings (SSSR count). The Balaban J connectivity index is 4.02. The first kappa shape index (κ1) is 17.1. The highest BCUT2D eigenvalue weighted by atomic mass is 16.1. The lowest BCUT2D eigenvalue weighted by atomic mass is 10.00. The van der Waals surface area contributed by atoms with Crippen molar-refractivity contribution in [3.8, 4) is 0 Å². The van der Waals surface area contributed by atoms with Gasteiger partial charge >= 0.3 is 0 Å². The van der Waals surface area contributed by atoms with Crippen molar-refractivity contribution in [3.05, 3.63) is 24.3 Å². The molecule has 0 bridgehead atoms. The van der Waals surface area contributed by atoms with Crippen molar-refractivity contribution in [2.24, 2.45) is 0 Å². The fourth-order valence-electron chi connectivity index (χ4n) is 2.03. The summed E-state index contributed by atoms with van der Waals surface area (Å²) in [5.41, 5.74) is 0. The Hall–Kier alpha value is -0.890. The van der Waals surface area contributed by atoms with Gasteiger partial charge in [0.05, 0.1) is 6.04 Å². The summed E-state index contributed by atoms with van der Waals surface area (Å²) in [4.78, 5) is 14.2.